The van der Waals surface area contributed by atoms with E-state index in [4.69, 9.17) is 4.74 Å². The number of ether oxygens (including phenoxy) is 1. The van der Waals surface area contributed by atoms with Crippen molar-refractivity contribution in [3.63, 3.8) is 0 Å². The van der Waals surface area contributed by atoms with Gasteiger partial charge in [0.05, 0.1) is 11.9 Å². The van der Waals surface area contributed by atoms with E-state index in [1.165, 1.54) is 24.3 Å². The molecule has 0 N–H and O–H groups in total. The molecule has 3 rings (SSSR count). The highest BCUT2D eigenvalue weighted by Crippen LogP contribution is 2.21. The van der Waals surface area contributed by atoms with E-state index < -0.39 is 0 Å². The molecule has 0 saturated carbocycles. The zero-order valence-electron chi connectivity index (χ0n) is 10.7. The van der Waals surface area contributed by atoms with E-state index >= 15 is 0 Å². The fourth-order valence-corrected chi connectivity index (χ4v) is 1.71. The van der Waals surface area contributed by atoms with E-state index in [1.807, 2.05) is 13.2 Å². The Kier molecular flexibility index (Phi) is 3.12. The average Bonchev–Trinajstić information content (AvgIpc) is 2.89. The van der Waals surface area contributed by atoms with Crippen molar-refractivity contribution in [2.45, 2.75) is 0 Å². The van der Waals surface area contributed by atoms with Crippen molar-refractivity contribution >= 4 is 0 Å². The Morgan fingerprint density at radius 2 is 1.95 bits per heavy atom. The number of nitrogens with zero attached hydrogens (tertiary/aromatic N) is 4. The summed E-state index contributed by atoms with van der Waals surface area (Å²) < 4.78 is 20.0. The van der Waals surface area contributed by atoms with Gasteiger partial charge in [-0.05, 0) is 30.3 Å². The highest BCUT2D eigenvalue weighted by molar-refractivity contribution is 5.56. The topological polar surface area (TPSA) is 52.8 Å². The van der Waals surface area contributed by atoms with Gasteiger partial charge in [-0.1, -0.05) is 0 Å². The monoisotopic (exact) mass is 270 g/mol. The van der Waals surface area contributed by atoms with Gasteiger partial charge in [0.15, 0.2) is 0 Å². The quantitative estimate of drug-likeness (QED) is 0.734. The van der Waals surface area contributed by atoms with Crippen molar-refractivity contribution in [1.82, 2.24) is 19.7 Å². The summed E-state index contributed by atoms with van der Waals surface area (Å²) in [4.78, 5) is 8.33. The van der Waals surface area contributed by atoms with Crippen LogP contribution in [0.3, 0.4) is 0 Å². The predicted molar refractivity (Wildman–Crippen MR) is 70.7 cm³/mol. The van der Waals surface area contributed by atoms with E-state index in [2.05, 4.69) is 15.1 Å². The summed E-state index contributed by atoms with van der Waals surface area (Å²) in [6.07, 6.45) is 5.17. The molecule has 2 heterocycles. The number of benzene rings is 1. The van der Waals surface area contributed by atoms with Crippen LogP contribution >= 0.6 is 0 Å². The largest absolute Gasteiger partial charge is 0.424 e. The van der Waals surface area contributed by atoms with Gasteiger partial charge in [0.25, 0.3) is 0 Å². The first-order valence-corrected chi connectivity index (χ1v) is 5.96. The SMILES string of the molecule is Cn1cc(-c2ccnc(Oc3ccc(F)cc3)n2)cn1. The summed E-state index contributed by atoms with van der Waals surface area (Å²) in [5, 5.41) is 4.09. The molecule has 0 aliphatic rings. The Balaban J connectivity index is 1.86. The summed E-state index contributed by atoms with van der Waals surface area (Å²) in [6.45, 7) is 0. The van der Waals surface area contributed by atoms with Crippen molar-refractivity contribution in [2.24, 2.45) is 7.05 Å². The molecule has 6 heteroatoms. The lowest BCUT2D eigenvalue weighted by Crippen LogP contribution is -1.93. The summed E-state index contributed by atoms with van der Waals surface area (Å²) in [5.74, 6) is 0.164. The van der Waals surface area contributed by atoms with Gasteiger partial charge in [-0.2, -0.15) is 10.1 Å². The second-order valence-electron chi connectivity index (χ2n) is 4.18. The molecule has 0 spiro atoms. The van der Waals surface area contributed by atoms with Crippen LogP contribution in [0.25, 0.3) is 11.3 Å². The smallest absolute Gasteiger partial charge is 0.322 e. The Labute approximate surface area is 114 Å². The third-order valence-electron chi connectivity index (χ3n) is 2.66. The number of aryl methyl sites for hydroxylation is 1. The number of hydrogen-bond acceptors (Lipinski definition) is 4. The lowest BCUT2D eigenvalue weighted by atomic mass is 10.2. The maximum Gasteiger partial charge on any atom is 0.322 e. The Morgan fingerprint density at radius 3 is 2.65 bits per heavy atom. The molecule has 0 atom stereocenters. The number of aromatic nitrogens is 4. The molecular weight excluding hydrogens is 259 g/mol. The van der Waals surface area contributed by atoms with E-state index in [1.54, 1.807) is 23.1 Å². The molecule has 0 amide bonds. The molecule has 0 bridgehead atoms. The summed E-state index contributed by atoms with van der Waals surface area (Å²) in [7, 11) is 1.83. The minimum atomic E-state index is -0.317. The molecule has 2 aromatic heterocycles. The molecule has 5 nitrogen and oxygen atoms in total. The summed E-state index contributed by atoms with van der Waals surface area (Å²) >= 11 is 0. The zero-order valence-corrected chi connectivity index (χ0v) is 10.7. The van der Waals surface area contributed by atoms with Gasteiger partial charge in [-0.15, -0.1) is 0 Å². The van der Waals surface area contributed by atoms with Crippen molar-refractivity contribution in [1.29, 1.82) is 0 Å². The van der Waals surface area contributed by atoms with Crippen LogP contribution in [0.15, 0.2) is 48.9 Å². The number of hydrogen-bond donors (Lipinski definition) is 0. The molecule has 0 unspecified atom stereocenters. The fourth-order valence-electron chi connectivity index (χ4n) is 1.71. The molecular formula is C14H11FN4O. The zero-order chi connectivity index (χ0) is 13.9. The minimum absolute atomic E-state index is 0.206. The highest BCUT2D eigenvalue weighted by Gasteiger charge is 2.06. The number of halogens is 1. The Hall–Kier alpha value is -2.76. The third kappa shape index (κ3) is 2.64. The third-order valence-corrected chi connectivity index (χ3v) is 2.66. The molecule has 0 aliphatic heterocycles. The van der Waals surface area contributed by atoms with Crippen LogP contribution in [-0.2, 0) is 7.05 Å². The first-order chi connectivity index (χ1) is 9.70. The van der Waals surface area contributed by atoms with Crippen molar-refractivity contribution in [3.8, 4) is 23.0 Å². The second kappa shape index (κ2) is 5.08. The molecule has 0 aliphatic carbocycles. The van der Waals surface area contributed by atoms with E-state index in [9.17, 15) is 4.39 Å². The average molecular weight is 270 g/mol. The van der Waals surface area contributed by atoms with Crippen LogP contribution in [-0.4, -0.2) is 19.7 Å². The van der Waals surface area contributed by atoms with Crippen molar-refractivity contribution < 1.29 is 9.13 Å². The first kappa shape index (κ1) is 12.3. The van der Waals surface area contributed by atoms with Crippen LogP contribution < -0.4 is 4.74 Å². The molecule has 0 fully saturated rings. The molecule has 0 radical (unpaired) electrons. The highest BCUT2D eigenvalue weighted by atomic mass is 19.1. The molecule has 0 saturated heterocycles. The van der Waals surface area contributed by atoms with E-state index in [-0.39, 0.29) is 11.8 Å². The van der Waals surface area contributed by atoms with Gasteiger partial charge >= 0.3 is 6.01 Å². The maximum atomic E-state index is 12.8. The van der Waals surface area contributed by atoms with Gasteiger partial charge in [0, 0.05) is 25.0 Å². The fraction of sp³-hybridized carbons (Fsp3) is 0.0714. The normalized spacial score (nSPS) is 10.5. The van der Waals surface area contributed by atoms with Gasteiger partial charge < -0.3 is 4.74 Å². The van der Waals surface area contributed by atoms with Crippen molar-refractivity contribution in [3.05, 3.63) is 54.7 Å². The van der Waals surface area contributed by atoms with Gasteiger partial charge in [-0.3, -0.25) is 4.68 Å². The molecule has 100 valence electrons. The maximum absolute atomic E-state index is 12.8. The van der Waals surface area contributed by atoms with E-state index in [0.29, 0.717) is 11.4 Å². The lowest BCUT2D eigenvalue weighted by molar-refractivity contribution is 0.441. The summed E-state index contributed by atoms with van der Waals surface area (Å²) in [6, 6.07) is 7.66. The van der Waals surface area contributed by atoms with Crippen LogP contribution in [0.4, 0.5) is 4.39 Å². The van der Waals surface area contributed by atoms with Crippen LogP contribution in [0.2, 0.25) is 0 Å². The van der Waals surface area contributed by atoms with Crippen molar-refractivity contribution in [2.75, 3.05) is 0 Å². The van der Waals surface area contributed by atoms with Gasteiger partial charge in [0.2, 0.25) is 0 Å². The second-order valence-corrected chi connectivity index (χ2v) is 4.18. The number of rotatable bonds is 3. The first-order valence-electron chi connectivity index (χ1n) is 5.96. The predicted octanol–water partition coefficient (Wildman–Crippen LogP) is 2.81. The van der Waals surface area contributed by atoms with E-state index in [0.717, 1.165) is 5.56 Å². The molecule has 3 aromatic rings. The minimum Gasteiger partial charge on any atom is -0.424 e. The van der Waals surface area contributed by atoms with Crippen LogP contribution in [0.5, 0.6) is 11.8 Å². The van der Waals surface area contributed by atoms with Crippen LogP contribution in [0, 0.1) is 5.82 Å². The standard InChI is InChI=1S/C14H11FN4O/c1-19-9-10(8-17-19)13-6-7-16-14(18-13)20-12-4-2-11(15)3-5-12/h2-9H,1H3. The molecule has 1 aromatic carbocycles. The van der Waals surface area contributed by atoms with Gasteiger partial charge in [-0.25, -0.2) is 9.37 Å². The van der Waals surface area contributed by atoms with Crippen LogP contribution in [0.1, 0.15) is 0 Å². The summed E-state index contributed by atoms with van der Waals surface area (Å²) in [5.41, 5.74) is 1.59. The van der Waals surface area contributed by atoms with Gasteiger partial charge in [0.1, 0.15) is 11.6 Å². The Morgan fingerprint density at radius 1 is 1.15 bits per heavy atom. The Bertz CT molecular complexity index is 724. The molecule has 20 heavy (non-hydrogen) atoms. The lowest BCUT2D eigenvalue weighted by Gasteiger charge is -2.04.